The fourth-order valence-electron chi connectivity index (χ4n) is 3.65. The molecule has 1 saturated carbocycles. The fraction of sp³-hybridized carbons (Fsp3) is 0.474. The second-order valence-electron chi connectivity index (χ2n) is 7.37. The van der Waals surface area contributed by atoms with E-state index in [1.165, 1.54) is 0 Å². The van der Waals surface area contributed by atoms with E-state index in [4.69, 9.17) is 4.74 Å². The maximum absolute atomic E-state index is 12.3. The predicted octanol–water partition coefficient (Wildman–Crippen LogP) is 2.43. The molecule has 28 heavy (non-hydrogen) atoms. The average Bonchev–Trinajstić information content (AvgIpc) is 3.30. The zero-order valence-electron chi connectivity index (χ0n) is 15.7. The number of pyridine rings is 1. The number of carbonyl (C=O) groups excluding carboxylic acids is 2. The molecule has 0 spiro atoms. The summed E-state index contributed by atoms with van der Waals surface area (Å²) in [6.07, 6.45) is 2.61. The standard InChI is InChI=1S/C19H24N6O3/c1-11-7-8-20-18(26)14-3-2-4-16(22-14)23-17-10-15(24-25-17)12-5-6-13(9-12)28-19(27)21-11/h2-4,10-13H,5-9H2,1H3,(H,20,26)(H,21,27)(H2,22,23,24,25)/t11-,12?,13+/m0/s1. The molecular weight excluding hydrogens is 360 g/mol. The summed E-state index contributed by atoms with van der Waals surface area (Å²) in [5, 5.41) is 16.1. The van der Waals surface area contributed by atoms with E-state index in [0.717, 1.165) is 25.0 Å². The molecular formula is C19H24N6O3. The number of nitrogens with one attached hydrogen (secondary N) is 4. The Labute approximate surface area is 162 Å². The molecule has 2 aromatic rings. The Morgan fingerprint density at radius 1 is 1.14 bits per heavy atom. The molecule has 2 amide bonds. The Hall–Kier alpha value is -3.10. The van der Waals surface area contributed by atoms with Gasteiger partial charge in [0.15, 0.2) is 5.82 Å². The molecule has 148 valence electrons. The number of ether oxygens (including phenoxy) is 1. The zero-order valence-corrected chi connectivity index (χ0v) is 15.7. The number of alkyl carbamates (subject to hydrolysis) is 1. The van der Waals surface area contributed by atoms with Crippen LogP contribution in [0, 0.1) is 0 Å². The second kappa shape index (κ2) is 7.87. The van der Waals surface area contributed by atoms with Crippen molar-refractivity contribution in [2.24, 2.45) is 0 Å². The van der Waals surface area contributed by atoms with Gasteiger partial charge in [0.05, 0.1) is 0 Å². The van der Waals surface area contributed by atoms with Gasteiger partial charge in [-0.25, -0.2) is 9.78 Å². The van der Waals surface area contributed by atoms with Gasteiger partial charge in [0.2, 0.25) is 0 Å². The van der Waals surface area contributed by atoms with Crippen LogP contribution in [0.3, 0.4) is 0 Å². The average molecular weight is 384 g/mol. The highest BCUT2D eigenvalue weighted by Gasteiger charge is 2.30. The first-order valence-electron chi connectivity index (χ1n) is 9.61. The van der Waals surface area contributed by atoms with Gasteiger partial charge in [-0.1, -0.05) is 6.07 Å². The van der Waals surface area contributed by atoms with Crippen LogP contribution in [-0.4, -0.2) is 45.9 Å². The van der Waals surface area contributed by atoms with Crippen molar-refractivity contribution in [3.63, 3.8) is 0 Å². The normalized spacial score (nSPS) is 25.5. The summed E-state index contributed by atoms with van der Waals surface area (Å²) in [6.45, 7) is 2.31. The number of H-pyrrole nitrogens is 1. The Bertz CT molecular complexity index is 867. The highest BCUT2D eigenvalue weighted by Crippen LogP contribution is 2.36. The minimum atomic E-state index is -0.410. The molecule has 1 fully saturated rings. The van der Waals surface area contributed by atoms with Gasteiger partial charge in [-0.15, -0.1) is 0 Å². The van der Waals surface area contributed by atoms with Crippen LogP contribution in [-0.2, 0) is 4.74 Å². The summed E-state index contributed by atoms with van der Waals surface area (Å²) in [5.41, 5.74) is 1.32. The first-order valence-corrected chi connectivity index (χ1v) is 9.61. The molecule has 2 aliphatic rings. The summed E-state index contributed by atoms with van der Waals surface area (Å²) in [7, 11) is 0. The van der Waals surface area contributed by atoms with Crippen LogP contribution in [0.4, 0.5) is 16.4 Å². The number of hydrogen-bond acceptors (Lipinski definition) is 6. The quantitative estimate of drug-likeness (QED) is 0.554. The van der Waals surface area contributed by atoms with Gasteiger partial charge >= 0.3 is 6.09 Å². The van der Waals surface area contributed by atoms with Crippen LogP contribution >= 0.6 is 0 Å². The summed E-state index contributed by atoms with van der Waals surface area (Å²) in [5.74, 6) is 1.19. The molecule has 4 rings (SSSR count). The van der Waals surface area contributed by atoms with Crippen LogP contribution in [0.1, 0.15) is 54.7 Å². The molecule has 6 bridgehead atoms. The first kappa shape index (κ1) is 18.3. The third kappa shape index (κ3) is 4.24. The minimum Gasteiger partial charge on any atom is -0.446 e. The van der Waals surface area contributed by atoms with Gasteiger partial charge in [-0.05, 0) is 44.7 Å². The van der Waals surface area contributed by atoms with Crippen LogP contribution in [0.5, 0.6) is 0 Å². The molecule has 3 heterocycles. The lowest BCUT2D eigenvalue weighted by atomic mass is 10.0. The molecule has 9 nitrogen and oxygen atoms in total. The molecule has 0 saturated heterocycles. The molecule has 0 radical (unpaired) electrons. The topological polar surface area (TPSA) is 121 Å². The van der Waals surface area contributed by atoms with Gasteiger partial charge in [-0.3, -0.25) is 9.89 Å². The Kier molecular flexibility index (Phi) is 5.14. The van der Waals surface area contributed by atoms with Crippen LogP contribution in [0.25, 0.3) is 0 Å². The molecule has 4 N–H and O–H groups in total. The van der Waals surface area contributed by atoms with E-state index in [1.54, 1.807) is 18.2 Å². The fourth-order valence-corrected chi connectivity index (χ4v) is 3.65. The van der Waals surface area contributed by atoms with E-state index in [2.05, 4.69) is 31.1 Å². The number of aromatic amines is 1. The summed E-state index contributed by atoms with van der Waals surface area (Å²) in [6, 6.07) is 7.05. The van der Waals surface area contributed by atoms with Crippen molar-refractivity contribution in [1.82, 2.24) is 25.8 Å². The van der Waals surface area contributed by atoms with E-state index in [1.807, 2.05) is 13.0 Å². The van der Waals surface area contributed by atoms with E-state index in [-0.39, 0.29) is 24.0 Å². The number of amides is 2. The lowest BCUT2D eigenvalue weighted by Gasteiger charge is -2.17. The SMILES string of the molecule is C[C@H]1CCNC(=O)c2cccc(n2)Nc2cc([nH]n2)C2CC[C@H](C2)OC(=O)N1. The Balaban J connectivity index is 1.56. The number of nitrogens with zero attached hydrogens (tertiary/aromatic N) is 2. The maximum Gasteiger partial charge on any atom is 0.407 e. The summed E-state index contributed by atoms with van der Waals surface area (Å²) < 4.78 is 5.56. The van der Waals surface area contributed by atoms with Crippen molar-refractivity contribution in [1.29, 1.82) is 0 Å². The lowest BCUT2D eigenvalue weighted by Crippen LogP contribution is -2.37. The number of aromatic nitrogens is 3. The number of anilines is 2. The van der Waals surface area contributed by atoms with Crippen molar-refractivity contribution in [2.75, 3.05) is 11.9 Å². The van der Waals surface area contributed by atoms with Crippen molar-refractivity contribution in [3.05, 3.63) is 35.7 Å². The van der Waals surface area contributed by atoms with Gasteiger partial charge in [0.1, 0.15) is 17.6 Å². The van der Waals surface area contributed by atoms with E-state index < -0.39 is 6.09 Å². The molecule has 0 aromatic carbocycles. The van der Waals surface area contributed by atoms with Gasteiger partial charge < -0.3 is 20.7 Å². The molecule has 3 atom stereocenters. The van der Waals surface area contributed by atoms with Gasteiger partial charge in [0.25, 0.3) is 5.91 Å². The summed E-state index contributed by atoms with van der Waals surface area (Å²) in [4.78, 5) is 28.8. The molecule has 1 aliphatic carbocycles. The Morgan fingerprint density at radius 2 is 2.04 bits per heavy atom. The lowest BCUT2D eigenvalue weighted by molar-refractivity contribution is 0.0944. The third-order valence-corrected chi connectivity index (χ3v) is 5.16. The molecule has 2 aromatic heterocycles. The number of rotatable bonds is 0. The van der Waals surface area contributed by atoms with E-state index in [9.17, 15) is 9.59 Å². The molecule has 1 aliphatic heterocycles. The van der Waals surface area contributed by atoms with Crippen molar-refractivity contribution < 1.29 is 14.3 Å². The molecule has 1 unspecified atom stereocenters. The molecule has 9 heteroatoms. The van der Waals surface area contributed by atoms with Crippen molar-refractivity contribution in [3.8, 4) is 0 Å². The zero-order chi connectivity index (χ0) is 19.5. The highest BCUT2D eigenvalue weighted by atomic mass is 16.6. The smallest absolute Gasteiger partial charge is 0.407 e. The van der Waals surface area contributed by atoms with E-state index in [0.29, 0.717) is 30.3 Å². The van der Waals surface area contributed by atoms with Gasteiger partial charge in [-0.2, -0.15) is 5.10 Å². The third-order valence-electron chi connectivity index (χ3n) is 5.16. The monoisotopic (exact) mass is 384 g/mol. The van der Waals surface area contributed by atoms with Crippen LogP contribution < -0.4 is 16.0 Å². The number of carbonyl (C=O) groups is 2. The number of hydrogen-bond donors (Lipinski definition) is 4. The van der Waals surface area contributed by atoms with Crippen LogP contribution in [0.2, 0.25) is 0 Å². The van der Waals surface area contributed by atoms with E-state index >= 15 is 0 Å². The second-order valence-corrected chi connectivity index (χ2v) is 7.37. The van der Waals surface area contributed by atoms with Gasteiger partial charge in [0, 0.05) is 30.3 Å². The number of fused-ring (bicyclic) bond motifs is 7. The highest BCUT2D eigenvalue weighted by molar-refractivity contribution is 5.92. The minimum absolute atomic E-state index is 0.103. The van der Waals surface area contributed by atoms with Crippen molar-refractivity contribution >= 4 is 23.6 Å². The largest absolute Gasteiger partial charge is 0.446 e. The van der Waals surface area contributed by atoms with Crippen LogP contribution in [0.15, 0.2) is 24.3 Å². The predicted molar refractivity (Wildman–Crippen MR) is 103 cm³/mol. The maximum atomic E-state index is 12.3. The van der Waals surface area contributed by atoms with Crippen molar-refractivity contribution in [2.45, 2.75) is 50.7 Å². The Morgan fingerprint density at radius 3 is 2.93 bits per heavy atom. The first-order chi connectivity index (χ1) is 13.6. The summed E-state index contributed by atoms with van der Waals surface area (Å²) >= 11 is 0.